The number of methoxy groups -OCH3 is 1. The fourth-order valence-corrected chi connectivity index (χ4v) is 2.37. The van der Waals surface area contributed by atoms with Gasteiger partial charge < -0.3 is 10.1 Å². The monoisotopic (exact) mass is 341 g/mol. The highest BCUT2D eigenvalue weighted by atomic mass is 19.4. The Morgan fingerprint density at radius 1 is 1.38 bits per heavy atom. The summed E-state index contributed by atoms with van der Waals surface area (Å²) in [4.78, 5) is 12.0. The Kier molecular flexibility index (Phi) is 5.16. The van der Waals surface area contributed by atoms with Crippen LogP contribution in [0.2, 0.25) is 0 Å². The van der Waals surface area contributed by atoms with E-state index < -0.39 is 23.3 Å². The summed E-state index contributed by atoms with van der Waals surface area (Å²) in [7, 11) is 2.88. The first kappa shape index (κ1) is 17.8. The van der Waals surface area contributed by atoms with Crippen LogP contribution in [0.3, 0.4) is 0 Å². The molecule has 1 aromatic heterocycles. The minimum atomic E-state index is -4.67. The Labute approximate surface area is 137 Å². The second kappa shape index (κ2) is 6.94. The van der Waals surface area contributed by atoms with Gasteiger partial charge in [0.15, 0.2) is 5.69 Å². The molecular weight excluding hydrogens is 323 g/mol. The number of aromatic nitrogens is 2. The zero-order valence-electron chi connectivity index (χ0n) is 13.6. The highest BCUT2D eigenvalue weighted by Crippen LogP contribution is 2.30. The fraction of sp³-hybridized carbons (Fsp3) is 0.375. The lowest BCUT2D eigenvalue weighted by molar-refractivity contribution is -0.141. The van der Waals surface area contributed by atoms with Crippen LogP contribution in [-0.2, 0) is 19.6 Å². The number of carbonyl (C=O) groups excluding carboxylic acids is 1. The molecule has 0 unspecified atom stereocenters. The van der Waals surface area contributed by atoms with Crippen molar-refractivity contribution in [2.24, 2.45) is 7.05 Å². The molecule has 1 amide bonds. The van der Waals surface area contributed by atoms with Crippen molar-refractivity contribution in [3.05, 3.63) is 46.8 Å². The van der Waals surface area contributed by atoms with Gasteiger partial charge in [-0.3, -0.25) is 9.48 Å². The summed E-state index contributed by atoms with van der Waals surface area (Å²) in [6, 6.07) is 5.62. The lowest BCUT2D eigenvalue weighted by Gasteiger charge is -2.11. The minimum absolute atomic E-state index is 0.185. The summed E-state index contributed by atoms with van der Waals surface area (Å²) in [5.74, 6) is -0.130. The second-order valence-corrected chi connectivity index (χ2v) is 5.38. The summed E-state index contributed by atoms with van der Waals surface area (Å²) in [5.41, 5.74) is 0.237. The SMILES string of the molecule is COc1ccc(C)cc1CCNC(=O)c1cn(C)nc1C(F)(F)F. The maximum absolute atomic E-state index is 12.9. The van der Waals surface area contributed by atoms with E-state index in [9.17, 15) is 18.0 Å². The average molecular weight is 341 g/mol. The molecule has 1 aromatic carbocycles. The molecule has 0 saturated heterocycles. The van der Waals surface area contributed by atoms with Gasteiger partial charge >= 0.3 is 6.18 Å². The van der Waals surface area contributed by atoms with Gasteiger partial charge in [-0.2, -0.15) is 18.3 Å². The fourth-order valence-electron chi connectivity index (χ4n) is 2.37. The maximum atomic E-state index is 12.9. The topological polar surface area (TPSA) is 56.1 Å². The first-order chi connectivity index (χ1) is 11.2. The van der Waals surface area contributed by atoms with Crippen molar-refractivity contribution in [1.29, 1.82) is 0 Å². The molecule has 130 valence electrons. The molecule has 2 rings (SSSR count). The zero-order valence-corrected chi connectivity index (χ0v) is 13.6. The van der Waals surface area contributed by atoms with Gasteiger partial charge in [-0.15, -0.1) is 0 Å². The van der Waals surface area contributed by atoms with Gasteiger partial charge in [-0.25, -0.2) is 0 Å². The van der Waals surface area contributed by atoms with Crippen molar-refractivity contribution in [2.45, 2.75) is 19.5 Å². The third-order valence-electron chi connectivity index (χ3n) is 3.46. The van der Waals surface area contributed by atoms with Gasteiger partial charge in [0.1, 0.15) is 5.75 Å². The number of halogens is 3. The van der Waals surface area contributed by atoms with Gasteiger partial charge in [0.05, 0.1) is 12.7 Å². The van der Waals surface area contributed by atoms with Gasteiger partial charge in [-0.1, -0.05) is 17.7 Å². The molecule has 24 heavy (non-hydrogen) atoms. The molecule has 2 aromatic rings. The number of nitrogens with one attached hydrogen (secondary N) is 1. The van der Waals surface area contributed by atoms with Crippen molar-refractivity contribution >= 4 is 5.91 Å². The van der Waals surface area contributed by atoms with Gasteiger partial charge in [0, 0.05) is 19.8 Å². The van der Waals surface area contributed by atoms with E-state index in [2.05, 4.69) is 10.4 Å². The second-order valence-electron chi connectivity index (χ2n) is 5.38. The first-order valence-electron chi connectivity index (χ1n) is 7.25. The molecule has 0 saturated carbocycles. The number of alkyl halides is 3. The largest absolute Gasteiger partial charge is 0.496 e. The van der Waals surface area contributed by atoms with Crippen molar-refractivity contribution in [3.63, 3.8) is 0 Å². The van der Waals surface area contributed by atoms with Crippen LogP contribution in [0.1, 0.15) is 27.2 Å². The average Bonchev–Trinajstić information content (AvgIpc) is 2.90. The minimum Gasteiger partial charge on any atom is -0.496 e. The third kappa shape index (κ3) is 4.06. The molecule has 0 atom stereocenters. The number of aryl methyl sites for hydroxylation is 2. The molecule has 8 heteroatoms. The highest BCUT2D eigenvalue weighted by Gasteiger charge is 2.38. The summed E-state index contributed by atoms with van der Waals surface area (Å²) in [5, 5.41) is 5.82. The molecule has 0 aliphatic rings. The van der Waals surface area contributed by atoms with Crippen molar-refractivity contribution < 1.29 is 22.7 Å². The molecule has 0 bridgehead atoms. The van der Waals surface area contributed by atoms with Crippen LogP contribution in [0.25, 0.3) is 0 Å². The Bertz CT molecular complexity index is 739. The quantitative estimate of drug-likeness (QED) is 0.910. The molecule has 1 N–H and O–H groups in total. The normalized spacial score (nSPS) is 11.4. The van der Waals surface area contributed by atoms with Crippen LogP contribution >= 0.6 is 0 Å². The Morgan fingerprint density at radius 3 is 2.71 bits per heavy atom. The standard InChI is InChI=1S/C16H18F3N3O2/c1-10-4-5-13(24-3)11(8-10)6-7-20-15(23)12-9-22(2)21-14(12)16(17,18)19/h4-5,8-9H,6-7H2,1-3H3,(H,20,23). The van der Waals surface area contributed by atoms with E-state index in [1.165, 1.54) is 14.2 Å². The lowest BCUT2D eigenvalue weighted by atomic mass is 10.1. The van der Waals surface area contributed by atoms with Gasteiger partial charge in [-0.05, 0) is 25.0 Å². The predicted octanol–water partition coefficient (Wildman–Crippen LogP) is 2.73. The molecule has 0 spiro atoms. The number of amides is 1. The smallest absolute Gasteiger partial charge is 0.435 e. The van der Waals surface area contributed by atoms with E-state index in [1.54, 1.807) is 0 Å². The number of benzene rings is 1. The van der Waals surface area contributed by atoms with Gasteiger partial charge in [0.25, 0.3) is 5.91 Å². The Balaban J connectivity index is 2.06. The molecule has 0 fully saturated rings. The van der Waals surface area contributed by atoms with E-state index in [4.69, 9.17) is 4.74 Å². The Morgan fingerprint density at radius 2 is 2.08 bits per heavy atom. The van der Waals surface area contributed by atoms with Crippen LogP contribution in [0, 0.1) is 6.92 Å². The van der Waals surface area contributed by atoms with Gasteiger partial charge in [0.2, 0.25) is 0 Å². The number of hydrogen-bond donors (Lipinski definition) is 1. The third-order valence-corrected chi connectivity index (χ3v) is 3.46. The number of carbonyl (C=O) groups is 1. The van der Waals surface area contributed by atoms with E-state index >= 15 is 0 Å². The van der Waals surface area contributed by atoms with Crippen LogP contribution < -0.4 is 10.1 Å². The molecule has 1 heterocycles. The Hall–Kier alpha value is -2.51. The first-order valence-corrected chi connectivity index (χ1v) is 7.25. The molecule has 5 nitrogen and oxygen atoms in total. The molecule has 0 aliphatic carbocycles. The van der Waals surface area contributed by atoms with Crippen molar-refractivity contribution in [3.8, 4) is 5.75 Å². The molecule has 0 radical (unpaired) electrons. The number of nitrogens with zero attached hydrogens (tertiary/aromatic N) is 2. The van der Waals surface area contributed by atoms with Crippen LogP contribution in [0.15, 0.2) is 24.4 Å². The van der Waals surface area contributed by atoms with Crippen LogP contribution in [0.4, 0.5) is 13.2 Å². The van der Waals surface area contributed by atoms with E-state index in [0.29, 0.717) is 12.2 Å². The summed E-state index contributed by atoms with van der Waals surface area (Å²) < 4.78 is 44.8. The molecule has 0 aliphatic heterocycles. The van der Waals surface area contributed by atoms with Crippen molar-refractivity contribution in [1.82, 2.24) is 15.1 Å². The summed E-state index contributed by atoms with van der Waals surface area (Å²) >= 11 is 0. The lowest BCUT2D eigenvalue weighted by Crippen LogP contribution is -2.27. The number of rotatable bonds is 5. The predicted molar refractivity (Wildman–Crippen MR) is 82.0 cm³/mol. The van der Waals surface area contributed by atoms with E-state index in [1.807, 2.05) is 25.1 Å². The van der Waals surface area contributed by atoms with E-state index in [0.717, 1.165) is 22.0 Å². The van der Waals surface area contributed by atoms with Crippen molar-refractivity contribution in [2.75, 3.05) is 13.7 Å². The zero-order chi connectivity index (χ0) is 17.9. The number of hydrogen-bond acceptors (Lipinski definition) is 3. The number of ether oxygens (including phenoxy) is 1. The maximum Gasteiger partial charge on any atom is 0.435 e. The van der Waals surface area contributed by atoms with Crippen LogP contribution in [0.5, 0.6) is 5.75 Å². The van der Waals surface area contributed by atoms with E-state index in [-0.39, 0.29) is 6.54 Å². The molecular formula is C16H18F3N3O2. The summed E-state index contributed by atoms with van der Waals surface area (Å²) in [6.45, 7) is 2.11. The summed E-state index contributed by atoms with van der Waals surface area (Å²) in [6.07, 6.45) is -3.17. The highest BCUT2D eigenvalue weighted by molar-refractivity contribution is 5.95. The van der Waals surface area contributed by atoms with Crippen LogP contribution in [-0.4, -0.2) is 29.3 Å².